The second-order valence-corrected chi connectivity index (χ2v) is 4.87. The molecule has 0 aromatic rings. The molecule has 0 spiro atoms. The Labute approximate surface area is 111 Å². The first-order valence-electron chi connectivity index (χ1n) is 5.14. The van der Waals surface area contributed by atoms with Crippen molar-refractivity contribution >= 4 is 30.8 Å². The Kier molecular flexibility index (Phi) is 4.88. The summed E-state index contributed by atoms with van der Waals surface area (Å²) in [5.41, 5.74) is 4.93. The molecule has 2 aliphatic rings. The van der Waals surface area contributed by atoms with Crippen LogP contribution in [0.25, 0.3) is 0 Å². The fourth-order valence-electron chi connectivity index (χ4n) is 1.94. The van der Waals surface area contributed by atoms with Crippen molar-refractivity contribution < 1.29 is 9.90 Å². The average Bonchev–Trinajstić information content (AvgIpc) is 2.34. The smallest absolute Gasteiger partial charge is 0.209 e. The molecule has 0 radical (unpaired) electrons. The van der Waals surface area contributed by atoms with Gasteiger partial charge in [0.15, 0.2) is 0 Å². The van der Waals surface area contributed by atoms with Crippen LogP contribution >= 0.6 is 24.4 Å². The molecule has 17 heavy (non-hydrogen) atoms. The van der Waals surface area contributed by atoms with Crippen LogP contribution < -0.4 is 10.5 Å². The van der Waals surface area contributed by atoms with E-state index in [1.165, 1.54) is 11.9 Å². The van der Waals surface area contributed by atoms with Gasteiger partial charge in [-0.25, -0.2) is 0 Å². The summed E-state index contributed by atoms with van der Waals surface area (Å²) in [5.74, 6) is 0. The number of hydrogen-bond acceptors (Lipinski definition) is 5. The normalized spacial score (nSPS) is 32.2. The molecule has 2 aliphatic heterocycles. The maximum Gasteiger partial charge on any atom is 0.209 e. The summed E-state index contributed by atoms with van der Waals surface area (Å²) < 4.78 is 2.97. The number of rotatable bonds is 2. The van der Waals surface area contributed by atoms with Crippen molar-refractivity contribution in [3.05, 3.63) is 23.3 Å². The van der Waals surface area contributed by atoms with Crippen LogP contribution in [0, 0.1) is 0 Å². The molecular weight excluding hydrogens is 262 g/mol. The Morgan fingerprint density at radius 2 is 2.47 bits per heavy atom. The van der Waals surface area contributed by atoms with Crippen LogP contribution in [-0.4, -0.2) is 41.1 Å². The van der Waals surface area contributed by atoms with Crippen LogP contribution in [0.4, 0.5) is 0 Å². The largest absolute Gasteiger partial charge is 0.383 e. The molecule has 5 nitrogen and oxygen atoms in total. The van der Waals surface area contributed by atoms with Crippen LogP contribution in [0.1, 0.15) is 6.42 Å². The first-order valence-corrected chi connectivity index (χ1v) is 5.95. The third-order valence-corrected chi connectivity index (χ3v) is 3.94. The van der Waals surface area contributed by atoms with Gasteiger partial charge in [-0.1, -0.05) is 0 Å². The second-order valence-electron chi connectivity index (χ2n) is 3.99. The van der Waals surface area contributed by atoms with Gasteiger partial charge in [0.25, 0.3) is 0 Å². The number of likely N-dealkylation sites (tertiary alicyclic amines) is 1. The Morgan fingerprint density at radius 3 is 3.00 bits per heavy atom. The van der Waals surface area contributed by atoms with Gasteiger partial charge >= 0.3 is 0 Å². The van der Waals surface area contributed by atoms with Gasteiger partial charge in [0, 0.05) is 30.6 Å². The molecule has 4 N–H and O–H groups in total. The number of carbonyl (C=O) groups excluding carboxylic acids is 1. The highest BCUT2D eigenvalue weighted by Crippen LogP contribution is 2.35. The lowest BCUT2D eigenvalue weighted by molar-refractivity contribution is -0.121. The predicted octanol–water partition coefficient (Wildman–Crippen LogP) is -0.0223. The number of halogens is 1. The molecule has 1 fully saturated rings. The number of aliphatic hydroxyl groups is 1. The third kappa shape index (κ3) is 2.77. The number of nitrogens with one attached hydrogen (secondary N) is 1. The molecule has 0 aliphatic carbocycles. The minimum absolute atomic E-state index is 0. The van der Waals surface area contributed by atoms with Crippen molar-refractivity contribution in [1.29, 1.82) is 0 Å². The molecule has 2 heterocycles. The van der Waals surface area contributed by atoms with Crippen molar-refractivity contribution in [3.63, 3.8) is 0 Å². The van der Waals surface area contributed by atoms with Crippen LogP contribution in [0.2, 0.25) is 0 Å². The van der Waals surface area contributed by atoms with Gasteiger partial charge in [0.2, 0.25) is 6.41 Å². The maximum atomic E-state index is 10.6. The van der Waals surface area contributed by atoms with Crippen LogP contribution in [-0.2, 0) is 4.79 Å². The molecule has 0 bridgehead atoms. The van der Waals surface area contributed by atoms with E-state index in [0.29, 0.717) is 19.5 Å². The second kappa shape index (κ2) is 5.77. The zero-order valence-corrected chi connectivity index (χ0v) is 10.8. The van der Waals surface area contributed by atoms with E-state index in [2.05, 4.69) is 4.72 Å². The van der Waals surface area contributed by atoms with Crippen molar-refractivity contribution in [2.45, 2.75) is 18.1 Å². The lowest BCUT2D eigenvalue weighted by Gasteiger charge is -2.42. The average molecular weight is 278 g/mol. The zero-order valence-electron chi connectivity index (χ0n) is 9.20. The van der Waals surface area contributed by atoms with E-state index in [1.54, 1.807) is 11.1 Å². The first-order chi connectivity index (χ1) is 7.66. The molecule has 2 rings (SSSR count). The number of hydrogen-bond donors (Lipinski definition) is 3. The van der Waals surface area contributed by atoms with Crippen LogP contribution in [0.5, 0.6) is 0 Å². The molecule has 0 saturated carbocycles. The molecule has 96 valence electrons. The molecule has 0 aromatic heterocycles. The summed E-state index contributed by atoms with van der Waals surface area (Å²) >= 11 is 1.37. The molecule has 1 amide bonds. The van der Waals surface area contributed by atoms with Crippen molar-refractivity contribution in [3.8, 4) is 0 Å². The third-order valence-electron chi connectivity index (χ3n) is 2.98. The van der Waals surface area contributed by atoms with Gasteiger partial charge in [-0.15, -0.1) is 12.4 Å². The Balaban J connectivity index is 0.00000144. The number of nitrogens with two attached hydrogens (primary N) is 1. The first kappa shape index (κ1) is 14.4. The topological polar surface area (TPSA) is 78.6 Å². The van der Waals surface area contributed by atoms with Crippen molar-refractivity contribution in [2.24, 2.45) is 5.73 Å². The summed E-state index contributed by atoms with van der Waals surface area (Å²) in [6, 6.07) is -0.446. The Hall–Kier alpha value is -0.690. The standard InChI is InChI=1S/C10H15N3O2S.ClH/c11-8-6-13(7-14)5-3-10(8,15)9-2-1-4-12-16-9;/h1-2,4,7-8,12,15H,3,5-6,11H2;1H/t8-,10-;/m0./s1. The fraction of sp³-hybridized carbons (Fsp3) is 0.500. The summed E-state index contributed by atoms with van der Waals surface area (Å²) in [6.07, 6.45) is 6.74. The van der Waals surface area contributed by atoms with Crippen molar-refractivity contribution in [1.82, 2.24) is 9.62 Å². The maximum absolute atomic E-state index is 10.6. The lowest BCUT2D eigenvalue weighted by Crippen LogP contribution is -2.60. The summed E-state index contributed by atoms with van der Waals surface area (Å²) in [6.45, 7) is 0.928. The molecule has 0 aromatic carbocycles. The lowest BCUT2D eigenvalue weighted by atomic mass is 9.86. The van der Waals surface area contributed by atoms with Crippen LogP contribution in [0.3, 0.4) is 0 Å². The van der Waals surface area contributed by atoms with Crippen molar-refractivity contribution in [2.75, 3.05) is 13.1 Å². The zero-order chi connectivity index (χ0) is 11.6. The van der Waals surface area contributed by atoms with E-state index in [0.717, 1.165) is 11.3 Å². The van der Waals surface area contributed by atoms with Gasteiger partial charge in [-0.2, -0.15) is 0 Å². The van der Waals surface area contributed by atoms with Gasteiger partial charge in [0.05, 0.1) is 6.04 Å². The van der Waals surface area contributed by atoms with Crippen LogP contribution in [0.15, 0.2) is 23.3 Å². The number of allylic oxidation sites excluding steroid dienone is 2. The molecule has 1 saturated heterocycles. The predicted molar refractivity (Wildman–Crippen MR) is 70.4 cm³/mol. The fourth-order valence-corrected chi connectivity index (χ4v) is 2.79. The number of carbonyl (C=O) groups is 1. The van der Waals surface area contributed by atoms with Gasteiger partial charge < -0.3 is 20.5 Å². The van der Waals surface area contributed by atoms with E-state index in [9.17, 15) is 9.90 Å². The molecule has 7 heteroatoms. The number of nitrogens with zero attached hydrogens (tertiary/aromatic N) is 1. The summed E-state index contributed by atoms with van der Waals surface area (Å²) in [4.78, 5) is 13.0. The van der Waals surface area contributed by atoms with Gasteiger partial charge in [-0.3, -0.25) is 4.79 Å². The van der Waals surface area contributed by atoms with E-state index < -0.39 is 11.6 Å². The highest BCUT2D eigenvalue weighted by Gasteiger charge is 2.42. The Bertz CT molecular complexity index is 350. The molecule has 2 atom stereocenters. The number of amides is 1. The van der Waals surface area contributed by atoms with E-state index >= 15 is 0 Å². The van der Waals surface area contributed by atoms with E-state index in [1.807, 2.05) is 12.2 Å². The van der Waals surface area contributed by atoms with Gasteiger partial charge in [0.1, 0.15) is 5.60 Å². The SMILES string of the molecule is Cl.N[C@H]1CN(C=O)CC[C@@]1(O)C1=CC=CNS1. The molecular formula is C10H16ClN3O2S. The van der Waals surface area contributed by atoms with E-state index in [-0.39, 0.29) is 12.4 Å². The molecule has 0 unspecified atom stereocenters. The summed E-state index contributed by atoms with van der Waals surface area (Å²) in [7, 11) is 0. The minimum Gasteiger partial charge on any atom is -0.383 e. The number of piperidine rings is 1. The summed E-state index contributed by atoms with van der Waals surface area (Å²) in [5, 5.41) is 10.5. The minimum atomic E-state index is -1.03. The highest BCUT2D eigenvalue weighted by molar-refractivity contribution is 8.01. The van der Waals surface area contributed by atoms with Gasteiger partial charge in [-0.05, 0) is 24.1 Å². The quantitative estimate of drug-likeness (QED) is 0.488. The van der Waals surface area contributed by atoms with E-state index in [4.69, 9.17) is 5.73 Å². The Morgan fingerprint density at radius 1 is 1.71 bits per heavy atom. The highest BCUT2D eigenvalue weighted by atomic mass is 35.5. The monoisotopic (exact) mass is 277 g/mol.